The second kappa shape index (κ2) is 4.82. The normalized spacial score (nSPS) is 39.9. The van der Waals surface area contributed by atoms with Crippen molar-refractivity contribution < 1.29 is 9.53 Å². The van der Waals surface area contributed by atoms with Gasteiger partial charge in [0.25, 0.3) is 0 Å². The van der Waals surface area contributed by atoms with E-state index in [9.17, 15) is 4.79 Å². The van der Waals surface area contributed by atoms with Crippen molar-refractivity contribution in [1.29, 1.82) is 0 Å². The Morgan fingerprint density at radius 3 is 2.44 bits per heavy atom. The van der Waals surface area contributed by atoms with Gasteiger partial charge in [-0.25, -0.2) is 0 Å². The van der Waals surface area contributed by atoms with Crippen LogP contribution in [0.15, 0.2) is 0 Å². The molecule has 1 N–H and O–H groups in total. The zero-order valence-corrected chi connectivity index (χ0v) is 12.2. The van der Waals surface area contributed by atoms with Gasteiger partial charge in [0.1, 0.15) is 0 Å². The molecule has 0 aromatic rings. The Kier molecular flexibility index (Phi) is 3.70. The Bertz CT molecular complexity index is 326. The van der Waals surface area contributed by atoms with Gasteiger partial charge in [-0.15, -0.1) is 0 Å². The van der Waals surface area contributed by atoms with E-state index in [1.165, 1.54) is 0 Å². The number of rotatable bonds is 1. The molecule has 1 amide bonds. The summed E-state index contributed by atoms with van der Waals surface area (Å²) in [7, 11) is 0. The maximum Gasteiger partial charge on any atom is 0.229 e. The summed E-state index contributed by atoms with van der Waals surface area (Å²) >= 11 is 0. The largest absolute Gasteiger partial charge is 0.374 e. The Morgan fingerprint density at radius 1 is 1.28 bits per heavy atom. The van der Waals surface area contributed by atoms with E-state index in [2.05, 4.69) is 33.0 Å². The third-order valence-corrected chi connectivity index (χ3v) is 4.59. The van der Waals surface area contributed by atoms with Crippen LogP contribution in [0.4, 0.5) is 0 Å². The molecule has 0 saturated carbocycles. The fraction of sp³-hybridized carbons (Fsp3) is 0.929. The molecular weight excluding hydrogens is 228 g/mol. The van der Waals surface area contributed by atoms with Gasteiger partial charge in [0.15, 0.2) is 0 Å². The number of carbonyl (C=O) groups is 1. The molecule has 4 nitrogen and oxygen atoms in total. The van der Waals surface area contributed by atoms with Gasteiger partial charge in [-0.05, 0) is 33.6 Å². The first-order chi connectivity index (χ1) is 8.34. The van der Waals surface area contributed by atoms with E-state index in [-0.39, 0.29) is 29.6 Å². The standard InChI is InChI=1S/C14H26N2O2/c1-9-10(2)18-11(3)12(9)13(17)16-7-6-15-8-14(16,4)5/h9-12,15H,6-8H2,1-5H3. The van der Waals surface area contributed by atoms with Gasteiger partial charge in [-0.1, -0.05) is 6.92 Å². The summed E-state index contributed by atoms with van der Waals surface area (Å²) < 4.78 is 5.80. The molecule has 2 heterocycles. The summed E-state index contributed by atoms with van der Waals surface area (Å²) in [6.45, 7) is 13.0. The van der Waals surface area contributed by atoms with Crippen LogP contribution in [0.2, 0.25) is 0 Å². The third kappa shape index (κ3) is 2.28. The van der Waals surface area contributed by atoms with Crippen LogP contribution in [0.3, 0.4) is 0 Å². The molecule has 0 spiro atoms. The van der Waals surface area contributed by atoms with Crippen molar-refractivity contribution in [3.8, 4) is 0 Å². The average molecular weight is 254 g/mol. The number of hydrogen-bond donors (Lipinski definition) is 1. The Morgan fingerprint density at radius 2 is 1.94 bits per heavy atom. The van der Waals surface area contributed by atoms with E-state index < -0.39 is 0 Å². The Hall–Kier alpha value is -0.610. The molecule has 0 aromatic heterocycles. The highest BCUT2D eigenvalue weighted by atomic mass is 16.5. The molecule has 2 fully saturated rings. The zero-order chi connectivity index (χ0) is 13.5. The molecular formula is C14H26N2O2. The molecule has 4 heteroatoms. The molecule has 2 aliphatic rings. The highest BCUT2D eigenvalue weighted by molar-refractivity contribution is 5.81. The van der Waals surface area contributed by atoms with Crippen LogP contribution >= 0.6 is 0 Å². The molecule has 0 aliphatic carbocycles. The van der Waals surface area contributed by atoms with Crippen molar-refractivity contribution in [1.82, 2.24) is 10.2 Å². The van der Waals surface area contributed by atoms with Gasteiger partial charge in [0.05, 0.1) is 18.1 Å². The van der Waals surface area contributed by atoms with Crippen LogP contribution in [0.5, 0.6) is 0 Å². The predicted octanol–water partition coefficient (Wildman–Crippen LogP) is 1.26. The summed E-state index contributed by atoms with van der Waals surface area (Å²) in [5.41, 5.74) is -0.0966. The average Bonchev–Trinajstić information content (AvgIpc) is 2.52. The fourth-order valence-electron chi connectivity index (χ4n) is 3.26. The highest BCUT2D eigenvalue weighted by Gasteiger charge is 2.46. The first-order valence-corrected chi connectivity index (χ1v) is 7.02. The molecule has 4 unspecified atom stereocenters. The number of piperazine rings is 1. The molecule has 0 bridgehead atoms. The van der Waals surface area contributed by atoms with Crippen LogP contribution in [-0.2, 0) is 9.53 Å². The summed E-state index contributed by atoms with van der Waals surface area (Å²) in [6, 6.07) is 0. The fourth-order valence-corrected chi connectivity index (χ4v) is 3.26. The molecule has 18 heavy (non-hydrogen) atoms. The van der Waals surface area contributed by atoms with Gasteiger partial charge < -0.3 is 15.0 Å². The van der Waals surface area contributed by atoms with E-state index in [4.69, 9.17) is 4.74 Å². The van der Waals surface area contributed by atoms with Crippen molar-refractivity contribution >= 4 is 5.91 Å². The lowest BCUT2D eigenvalue weighted by Crippen LogP contribution is -2.61. The molecule has 0 aromatic carbocycles. The van der Waals surface area contributed by atoms with Gasteiger partial charge in [-0.2, -0.15) is 0 Å². The van der Waals surface area contributed by atoms with Crippen molar-refractivity contribution in [3.05, 3.63) is 0 Å². The lowest BCUT2D eigenvalue weighted by atomic mass is 9.86. The van der Waals surface area contributed by atoms with Crippen LogP contribution in [0.1, 0.15) is 34.6 Å². The second-order valence-electron chi connectivity index (χ2n) is 6.41. The predicted molar refractivity (Wildman–Crippen MR) is 71.3 cm³/mol. The smallest absolute Gasteiger partial charge is 0.229 e. The lowest BCUT2D eigenvalue weighted by Gasteiger charge is -2.44. The van der Waals surface area contributed by atoms with E-state index in [0.717, 1.165) is 19.6 Å². The number of nitrogens with one attached hydrogen (secondary N) is 1. The van der Waals surface area contributed by atoms with Gasteiger partial charge in [0.2, 0.25) is 5.91 Å². The monoisotopic (exact) mass is 254 g/mol. The van der Waals surface area contributed by atoms with E-state index in [0.29, 0.717) is 5.92 Å². The molecule has 0 radical (unpaired) electrons. The minimum Gasteiger partial charge on any atom is -0.374 e. The minimum atomic E-state index is -0.0966. The summed E-state index contributed by atoms with van der Waals surface area (Å²) in [6.07, 6.45) is 0.216. The zero-order valence-electron chi connectivity index (χ0n) is 12.2. The van der Waals surface area contributed by atoms with Gasteiger partial charge in [0, 0.05) is 25.2 Å². The SMILES string of the molecule is CC1OC(C)C(C(=O)N2CCNCC2(C)C)C1C. The maximum absolute atomic E-state index is 12.8. The van der Waals surface area contributed by atoms with Crippen LogP contribution < -0.4 is 5.32 Å². The van der Waals surface area contributed by atoms with E-state index in [1.807, 2.05) is 11.8 Å². The van der Waals surface area contributed by atoms with Crippen LogP contribution in [0.25, 0.3) is 0 Å². The number of nitrogens with zero attached hydrogens (tertiary/aromatic N) is 1. The van der Waals surface area contributed by atoms with Crippen molar-refractivity contribution in [2.75, 3.05) is 19.6 Å². The topological polar surface area (TPSA) is 41.6 Å². The summed E-state index contributed by atoms with van der Waals surface area (Å²) in [5.74, 6) is 0.585. The lowest BCUT2D eigenvalue weighted by molar-refractivity contribution is -0.144. The van der Waals surface area contributed by atoms with Gasteiger partial charge >= 0.3 is 0 Å². The van der Waals surface area contributed by atoms with Crippen LogP contribution in [0, 0.1) is 11.8 Å². The number of hydrogen-bond acceptors (Lipinski definition) is 3. The maximum atomic E-state index is 12.8. The first kappa shape index (κ1) is 13.8. The van der Waals surface area contributed by atoms with Crippen molar-refractivity contribution in [3.63, 3.8) is 0 Å². The molecule has 2 rings (SSSR count). The molecule has 4 atom stereocenters. The first-order valence-electron chi connectivity index (χ1n) is 7.02. The van der Waals surface area contributed by atoms with Crippen LogP contribution in [-0.4, -0.2) is 48.2 Å². The quantitative estimate of drug-likeness (QED) is 0.766. The highest BCUT2D eigenvalue weighted by Crippen LogP contribution is 2.35. The summed E-state index contributed by atoms with van der Waals surface area (Å²) in [5, 5.41) is 3.36. The second-order valence-corrected chi connectivity index (χ2v) is 6.41. The summed E-state index contributed by atoms with van der Waals surface area (Å²) in [4.78, 5) is 14.8. The number of carbonyl (C=O) groups excluding carboxylic acids is 1. The Balaban J connectivity index is 2.15. The van der Waals surface area contributed by atoms with Gasteiger partial charge in [-0.3, -0.25) is 4.79 Å². The molecule has 2 aliphatic heterocycles. The van der Waals surface area contributed by atoms with E-state index in [1.54, 1.807) is 0 Å². The van der Waals surface area contributed by atoms with Crippen molar-refractivity contribution in [2.45, 2.75) is 52.4 Å². The Labute approximate surface area is 110 Å². The minimum absolute atomic E-state index is 0.0115. The molecule has 104 valence electrons. The number of ether oxygens (including phenoxy) is 1. The number of amides is 1. The van der Waals surface area contributed by atoms with Crippen molar-refractivity contribution in [2.24, 2.45) is 11.8 Å². The third-order valence-electron chi connectivity index (χ3n) is 4.59. The molecule has 2 saturated heterocycles. The van der Waals surface area contributed by atoms with E-state index >= 15 is 0 Å².